The number of benzene rings is 1. The van der Waals surface area contributed by atoms with Crippen molar-refractivity contribution in [1.82, 2.24) is 0 Å². The van der Waals surface area contributed by atoms with Crippen LogP contribution >= 0.6 is 35.0 Å². The van der Waals surface area contributed by atoms with E-state index in [0.29, 0.717) is 0 Å². The fourth-order valence-electron chi connectivity index (χ4n) is 1.43. The van der Waals surface area contributed by atoms with Crippen molar-refractivity contribution in [2.45, 2.75) is 31.9 Å². The molecule has 0 fully saturated rings. The predicted octanol–water partition coefficient (Wildman–Crippen LogP) is 2.87. The third kappa shape index (κ3) is 4.26. The molecule has 0 radical (unpaired) electrons. The molecule has 1 aromatic rings. The van der Waals surface area contributed by atoms with Crippen molar-refractivity contribution >= 4 is 35.0 Å². The summed E-state index contributed by atoms with van der Waals surface area (Å²) in [5, 5.41) is 9.77. The van der Waals surface area contributed by atoms with E-state index in [1.807, 2.05) is 31.2 Å². The Balaban J connectivity index is 0.00000196. The van der Waals surface area contributed by atoms with Crippen LogP contribution in [0.4, 0.5) is 0 Å². The van der Waals surface area contributed by atoms with Crippen LogP contribution in [0, 0.1) is 3.57 Å². The lowest BCUT2D eigenvalue weighted by atomic mass is 9.99. The maximum atomic E-state index is 9.77. The van der Waals surface area contributed by atoms with E-state index in [1.165, 1.54) is 0 Å². The molecule has 4 heteroatoms. The van der Waals surface area contributed by atoms with Crippen molar-refractivity contribution in [3.05, 3.63) is 33.4 Å². The zero-order valence-corrected chi connectivity index (χ0v) is 11.7. The smallest absolute Gasteiger partial charge is 0.0733 e. The molecular formula is C11H17ClINO. The molecule has 0 saturated carbocycles. The number of aliphatic hydroxyl groups is 1. The first-order valence-corrected chi connectivity index (χ1v) is 5.92. The second kappa shape index (κ2) is 7.44. The second-order valence-electron chi connectivity index (χ2n) is 3.40. The normalized spacial score (nSPS) is 14.1. The van der Waals surface area contributed by atoms with Gasteiger partial charge < -0.3 is 10.8 Å². The summed E-state index contributed by atoms with van der Waals surface area (Å²) in [6.07, 6.45) is 1.28. The molecule has 0 spiro atoms. The van der Waals surface area contributed by atoms with Gasteiger partial charge >= 0.3 is 0 Å². The lowest BCUT2D eigenvalue weighted by molar-refractivity contribution is 0.134. The van der Waals surface area contributed by atoms with Crippen LogP contribution in [-0.2, 0) is 0 Å². The quantitative estimate of drug-likeness (QED) is 0.827. The number of hydrogen-bond donors (Lipinski definition) is 2. The molecule has 0 aliphatic carbocycles. The van der Waals surface area contributed by atoms with Crippen molar-refractivity contribution < 1.29 is 5.11 Å². The summed E-state index contributed by atoms with van der Waals surface area (Å²) in [6, 6.07) is 7.66. The lowest BCUT2D eigenvalue weighted by Crippen LogP contribution is -2.26. The molecule has 2 nitrogen and oxygen atoms in total. The van der Waals surface area contributed by atoms with Crippen molar-refractivity contribution in [3.63, 3.8) is 0 Å². The van der Waals surface area contributed by atoms with Crippen molar-refractivity contribution in [3.8, 4) is 0 Å². The fraction of sp³-hybridized carbons (Fsp3) is 0.455. The van der Waals surface area contributed by atoms with Gasteiger partial charge in [-0.05, 0) is 40.6 Å². The maximum Gasteiger partial charge on any atom is 0.0733 e. The summed E-state index contributed by atoms with van der Waals surface area (Å²) in [4.78, 5) is 0. The van der Waals surface area contributed by atoms with E-state index in [2.05, 4.69) is 22.6 Å². The van der Waals surface area contributed by atoms with Gasteiger partial charge in [-0.2, -0.15) is 0 Å². The highest BCUT2D eigenvalue weighted by atomic mass is 127. The Labute approximate surface area is 111 Å². The predicted molar refractivity (Wildman–Crippen MR) is 74.3 cm³/mol. The molecule has 0 bridgehead atoms. The van der Waals surface area contributed by atoms with E-state index < -0.39 is 6.10 Å². The molecule has 86 valence electrons. The van der Waals surface area contributed by atoms with Crippen LogP contribution in [0.2, 0.25) is 0 Å². The number of hydrogen-bond acceptors (Lipinski definition) is 2. The molecule has 1 rings (SSSR count). The molecule has 3 N–H and O–H groups in total. The van der Waals surface area contributed by atoms with Crippen LogP contribution in [0.5, 0.6) is 0 Å². The molecule has 0 aliphatic rings. The Hall–Kier alpha value is 0.160. The van der Waals surface area contributed by atoms with Crippen molar-refractivity contribution in [2.75, 3.05) is 0 Å². The number of aliphatic hydroxyl groups excluding tert-OH is 1. The van der Waals surface area contributed by atoms with Gasteiger partial charge in [-0.1, -0.05) is 31.5 Å². The number of halogens is 2. The van der Waals surface area contributed by atoms with E-state index in [4.69, 9.17) is 5.73 Å². The maximum absolute atomic E-state index is 9.77. The largest absolute Gasteiger partial charge is 0.391 e. The third-order valence-electron chi connectivity index (χ3n) is 2.26. The average molecular weight is 342 g/mol. The summed E-state index contributed by atoms with van der Waals surface area (Å²) in [6.45, 7) is 2.05. The first kappa shape index (κ1) is 15.2. The van der Waals surface area contributed by atoms with Gasteiger partial charge in [-0.25, -0.2) is 0 Å². The average Bonchev–Trinajstić information content (AvgIpc) is 2.18. The van der Waals surface area contributed by atoms with Gasteiger partial charge in [-0.15, -0.1) is 12.4 Å². The summed E-state index contributed by atoms with van der Waals surface area (Å²) in [7, 11) is 0. The third-order valence-corrected chi connectivity index (χ3v) is 3.25. The van der Waals surface area contributed by atoms with Gasteiger partial charge in [0.1, 0.15) is 0 Å². The first-order chi connectivity index (χ1) is 6.66. The Morgan fingerprint density at radius 1 is 1.40 bits per heavy atom. The van der Waals surface area contributed by atoms with Gasteiger partial charge in [-0.3, -0.25) is 0 Å². The minimum absolute atomic E-state index is 0. The van der Waals surface area contributed by atoms with Crippen LogP contribution in [0.3, 0.4) is 0 Å². The molecule has 1 aromatic carbocycles. The standard InChI is InChI=1S/C11H16INO.ClH/c1-2-5-10(14)11(13)8-6-3-4-7-9(8)12;/h3-4,6-7,10-11,14H,2,5,13H2,1H3;1H/t10-,11+;/m1./s1. The summed E-state index contributed by atoms with van der Waals surface area (Å²) in [5.74, 6) is 0. The summed E-state index contributed by atoms with van der Waals surface area (Å²) >= 11 is 2.25. The van der Waals surface area contributed by atoms with Gasteiger partial charge in [0, 0.05) is 3.57 Å². The highest BCUT2D eigenvalue weighted by Crippen LogP contribution is 2.22. The lowest BCUT2D eigenvalue weighted by Gasteiger charge is -2.19. The number of rotatable bonds is 4. The van der Waals surface area contributed by atoms with E-state index in [-0.39, 0.29) is 18.4 Å². The topological polar surface area (TPSA) is 46.2 Å². The molecule has 0 aromatic heterocycles. The number of nitrogens with two attached hydrogens (primary N) is 1. The van der Waals surface area contributed by atoms with Gasteiger partial charge in [0.25, 0.3) is 0 Å². The van der Waals surface area contributed by atoms with Crippen LogP contribution in [0.25, 0.3) is 0 Å². The Morgan fingerprint density at radius 3 is 2.53 bits per heavy atom. The molecule has 0 saturated heterocycles. The highest BCUT2D eigenvalue weighted by molar-refractivity contribution is 14.1. The zero-order chi connectivity index (χ0) is 10.6. The monoisotopic (exact) mass is 341 g/mol. The summed E-state index contributed by atoms with van der Waals surface area (Å²) < 4.78 is 1.12. The van der Waals surface area contributed by atoms with Crippen LogP contribution in [0.1, 0.15) is 31.4 Å². The van der Waals surface area contributed by atoms with E-state index in [1.54, 1.807) is 0 Å². The van der Waals surface area contributed by atoms with Crippen molar-refractivity contribution in [2.24, 2.45) is 5.73 Å². The zero-order valence-electron chi connectivity index (χ0n) is 8.69. The molecular weight excluding hydrogens is 324 g/mol. The first-order valence-electron chi connectivity index (χ1n) is 4.85. The Morgan fingerprint density at radius 2 is 2.00 bits per heavy atom. The van der Waals surface area contributed by atoms with Gasteiger partial charge in [0.05, 0.1) is 12.1 Å². The van der Waals surface area contributed by atoms with Crippen LogP contribution < -0.4 is 5.73 Å². The van der Waals surface area contributed by atoms with E-state index in [9.17, 15) is 5.11 Å². The van der Waals surface area contributed by atoms with Gasteiger partial charge in [0.15, 0.2) is 0 Å². The molecule has 0 heterocycles. The van der Waals surface area contributed by atoms with Gasteiger partial charge in [0.2, 0.25) is 0 Å². The molecule has 2 atom stereocenters. The molecule has 0 unspecified atom stereocenters. The fourth-order valence-corrected chi connectivity index (χ4v) is 2.17. The van der Waals surface area contributed by atoms with Crippen LogP contribution in [0.15, 0.2) is 24.3 Å². The molecule has 0 amide bonds. The van der Waals surface area contributed by atoms with E-state index in [0.717, 1.165) is 22.0 Å². The minimum atomic E-state index is -0.434. The highest BCUT2D eigenvalue weighted by Gasteiger charge is 2.17. The molecule has 0 aliphatic heterocycles. The minimum Gasteiger partial charge on any atom is -0.391 e. The Bertz CT molecular complexity index is 296. The van der Waals surface area contributed by atoms with E-state index >= 15 is 0 Å². The second-order valence-corrected chi connectivity index (χ2v) is 4.57. The van der Waals surface area contributed by atoms with Crippen LogP contribution in [-0.4, -0.2) is 11.2 Å². The SMILES string of the molecule is CCC[C@@H](O)[C@@H](N)c1ccccc1I.Cl. The summed E-state index contributed by atoms with van der Waals surface area (Å²) in [5.41, 5.74) is 7.01. The van der Waals surface area contributed by atoms with Crippen molar-refractivity contribution in [1.29, 1.82) is 0 Å². The Kier molecular flexibility index (Phi) is 7.52. The molecule has 15 heavy (non-hydrogen) atoms.